The van der Waals surface area contributed by atoms with Gasteiger partial charge < -0.3 is 19.9 Å². The normalized spacial score (nSPS) is 10.5. The molecule has 140 valence electrons. The first kappa shape index (κ1) is 20.1. The maximum Gasteiger partial charge on any atom is 0.335 e. The van der Waals surface area contributed by atoms with Crippen LogP contribution >= 0.6 is 15.9 Å². The van der Waals surface area contributed by atoms with E-state index in [2.05, 4.69) is 28.2 Å². The Kier molecular flexibility index (Phi) is 7.33. The molecule has 0 spiro atoms. The molecule has 2 aromatic rings. The molecule has 6 heteroatoms. The van der Waals surface area contributed by atoms with Crippen LogP contribution in [0.3, 0.4) is 0 Å². The van der Waals surface area contributed by atoms with Crippen LogP contribution in [0, 0.1) is 6.92 Å². The number of aromatic carboxylic acids is 1. The van der Waals surface area contributed by atoms with Crippen LogP contribution in [0.15, 0.2) is 34.8 Å². The third kappa shape index (κ3) is 5.14. The Morgan fingerprint density at radius 1 is 1.15 bits per heavy atom. The van der Waals surface area contributed by atoms with E-state index in [1.54, 1.807) is 18.2 Å². The van der Waals surface area contributed by atoms with Crippen LogP contribution in [0.4, 0.5) is 5.69 Å². The van der Waals surface area contributed by atoms with Crippen molar-refractivity contribution < 1.29 is 19.4 Å². The molecule has 2 rings (SSSR count). The van der Waals surface area contributed by atoms with Crippen molar-refractivity contribution in [2.24, 2.45) is 0 Å². The lowest BCUT2D eigenvalue weighted by molar-refractivity contribution is 0.0697. The Morgan fingerprint density at radius 2 is 1.88 bits per heavy atom. The monoisotopic (exact) mass is 421 g/mol. The van der Waals surface area contributed by atoms with E-state index < -0.39 is 5.97 Å². The molecule has 26 heavy (non-hydrogen) atoms. The van der Waals surface area contributed by atoms with E-state index in [1.165, 1.54) is 0 Å². The Balaban J connectivity index is 2.18. The van der Waals surface area contributed by atoms with Crippen LogP contribution in [0.25, 0.3) is 0 Å². The average molecular weight is 422 g/mol. The zero-order chi connectivity index (χ0) is 19.1. The van der Waals surface area contributed by atoms with Gasteiger partial charge in [-0.3, -0.25) is 0 Å². The minimum absolute atomic E-state index is 0.283. The number of carbonyl (C=O) groups is 1. The lowest BCUT2D eigenvalue weighted by Crippen LogP contribution is -2.06. The molecule has 0 aliphatic carbocycles. The fourth-order valence-corrected chi connectivity index (χ4v) is 2.95. The van der Waals surface area contributed by atoms with Crippen molar-refractivity contribution in [1.82, 2.24) is 0 Å². The summed E-state index contributed by atoms with van der Waals surface area (Å²) in [6.07, 6.45) is 0.929. The summed E-state index contributed by atoms with van der Waals surface area (Å²) < 4.78 is 12.4. The highest BCUT2D eigenvalue weighted by atomic mass is 79.9. The van der Waals surface area contributed by atoms with Gasteiger partial charge in [-0.05, 0) is 61.7 Å². The van der Waals surface area contributed by atoms with Crippen molar-refractivity contribution in [3.05, 3.63) is 51.5 Å². The van der Waals surface area contributed by atoms with Gasteiger partial charge in [0.25, 0.3) is 0 Å². The van der Waals surface area contributed by atoms with Crippen LogP contribution in [-0.4, -0.2) is 24.3 Å². The number of nitrogens with one attached hydrogen (secondary N) is 1. The molecule has 0 saturated heterocycles. The van der Waals surface area contributed by atoms with Crippen LogP contribution in [0.1, 0.15) is 41.8 Å². The minimum atomic E-state index is -0.925. The standard InChI is InChI=1S/C20H24BrNO4/c1-4-8-26-19-11-16(21)15(10-18(19)25-5-2)12-22-17-7-6-14(20(23)24)9-13(17)3/h6-7,9-11,22H,4-5,8,12H2,1-3H3,(H,23,24). The summed E-state index contributed by atoms with van der Waals surface area (Å²) in [5.74, 6) is 0.525. The highest BCUT2D eigenvalue weighted by Crippen LogP contribution is 2.34. The van der Waals surface area contributed by atoms with Gasteiger partial charge in [0.05, 0.1) is 18.8 Å². The minimum Gasteiger partial charge on any atom is -0.490 e. The fraction of sp³-hybridized carbons (Fsp3) is 0.350. The molecule has 0 bridgehead atoms. The second-order valence-corrected chi connectivity index (χ2v) is 6.71. The first-order chi connectivity index (χ1) is 12.5. The van der Waals surface area contributed by atoms with Gasteiger partial charge >= 0.3 is 5.97 Å². The van der Waals surface area contributed by atoms with Gasteiger partial charge in [0, 0.05) is 16.7 Å². The van der Waals surface area contributed by atoms with Gasteiger partial charge in [0.1, 0.15) is 0 Å². The van der Waals surface area contributed by atoms with Gasteiger partial charge in [-0.25, -0.2) is 4.79 Å². The lowest BCUT2D eigenvalue weighted by Gasteiger charge is -2.16. The van der Waals surface area contributed by atoms with Crippen molar-refractivity contribution in [3.63, 3.8) is 0 Å². The predicted octanol–water partition coefficient (Wildman–Crippen LogP) is 5.26. The van der Waals surface area contributed by atoms with Gasteiger partial charge in [-0.15, -0.1) is 0 Å². The third-order valence-electron chi connectivity index (χ3n) is 3.82. The maximum atomic E-state index is 11.0. The maximum absolute atomic E-state index is 11.0. The molecule has 0 radical (unpaired) electrons. The van der Waals surface area contributed by atoms with Crippen molar-refractivity contribution in [2.45, 2.75) is 33.7 Å². The molecule has 5 nitrogen and oxygen atoms in total. The van der Waals surface area contributed by atoms with E-state index in [-0.39, 0.29) is 5.56 Å². The summed E-state index contributed by atoms with van der Waals surface area (Å²) in [6.45, 7) is 7.66. The number of hydrogen-bond donors (Lipinski definition) is 2. The van der Waals surface area contributed by atoms with Crippen molar-refractivity contribution in [3.8, 4) is 11.5 Å². The highest BCUT2D eigenvalue weighted by molar-refractivity contribution is 9.10. The van der Waals surface area contributed by atoms with Gasteiger partial charge in [0.15, 0.2) is 11.5 Å². The smallest absolute Gasteiger partial charge is 0.335 e. The molecule has 2 N–H and O–H groups in total. The molecule has 0 heterocycles. The zero-order valence-electron chi connectivity index (χ0n) is 15.3. The Labute approximate surface area is 162 Å². The summed E-state index contributed by atoms with van der Waals surface area (Å²) in [7, 11) is 0. The molecule has 0 amide bonds. The largest absolute Gasteiger partial charge is 0.490 e. The molecule has 0 atom stereocenters. The van der Waals surface area contributed by atoms with Crippen molar-refractivity contribution >= 4 is 27.6 Å². The quantitative estimate of drug-likeness (QED) is 0.578. The highest BCUT2D eigenvalue weighted by Gasteiger charge is 2.12. The Morgan fingerprint density at radius 3 is 2.50 bits per heavy atom. The van der Waals surface area contributed by atoms with Gasteiger partial charge in [0.2, 0.25) is 0 Å². The number of rotatable bonds is 9. The Hall–Kier alpha value is -2.21. The number of carboxylic acids is 1. The molecule has 2 aromatic carbocycles. The van der Waals surface area contributed by atoms with Gasteiger partial charge in [-0.2, -0.15) is 0 Å². The lowest BCUT2D eigenvalue weighted by atomic mass is 10.1. The van der Waals surface area contributed by atoms with Crippen LogP contribution in [-0.2, 0) is 6.54 Å². The molecule has 0 aliphatic heterocycles. The number of ether oxygens (including phenoxy) is 2. The zero-order valence-corrected chi connectivity index (χ0v) is 16.9. The summed E-state index contributed by atoms with van der Waals surface area (Å²) >= 11 is 3.59. The van der Waals surface area contributed by atoms with Crippen LogP contribution < -0.4 is 14.8 Å². The molecule has 0 saturated carbocycles. The number of hydrogen-bond acceptors (Lipinski definition) is 4. The second-order valence-electron chi connectivity index (χ2n) is 5.86. The fourth-order valence-electron chi connectivity index (χ4n) is 2.49. The third-order valence-corrected chi connectivity index (χ3v) is 4.56. The molecule has 0 aliphatic rings. The van der Waals surface area contributed by atoms with E-state index in [0.717, 1.165) is 39.2 Å². The van der Waals surface area contributed by atoms with E-state index >= 15 is 0 Å². The second kappa shape index (κ2) is 9.48. The summed E-state index contributed by atoms with van der Waals surface area (Å²) in [4.78, 5) is 11.0. The summed E-state index contributed by atoms with van der Waals surface area (Å²) in [5.41, 5.74) is 3.09. The Bertz CT molecular complexity index is 777. The summed E-state index contributed by atoms with van der Waals surface area (Å²) in [6, 6.07) is 8.94. The van der Waals surface area contributed by atoms with E-state index in [4.69, 9.17) is 14.6 Å². The first-order valence-electron chi connectivity index (χ1n) is 8.62. The summed E-state index contributed by atoms with van der Waals surface area (Å²) in [5, 5.41) is 12.4. The van der Waals surface area contributed by atoms with Crippen molar-refractivity contribution in [2.75, 3.05) is 18.5 Å². The number of benzene rings is 2. The topological polar surface area (TPSA) is 67.8 Å². The number of carboxylic acid groups (broad SMARTS) is 1. The SMILES string of the molecule is CCCOc1cc(Br)c(CNc2ccc(C(=O)O)cc2C)cc1OCC. The van der Waals surface area contributed by atoms with Crippen LogP contribution in [0.2, 0.25) is 0 Å². The van der Waals surface area contributed by atoms with Gasteiger partial charge in [-0.1, -0.05) is 22.9 Å². The van der Waals surface area contributed by atoms with E-state index in [1.807, 2.05) is 26.0 Å². The number of anilines is 1. The first-order valence-corrected chi connectivity index (χ1v) is 9.41. The predicted molar refractivity (Wildman–Crippen MR) is 107 cm³/mol. The number of halogens is 1. The van der Waals surface area contributed by atoms with E-state index in [0.29, 0.717) is 19.8 Å². The van der Waals surface area contributed by atoms with Crippen LogP contribution in [0.5, 0.6) is 11.5 Å². The molecule has 0 aromatic heterocycles. The molecule has 0 unspecified atom stereocenters. The number of aryl methyl sites for hydroxylation is 1. The van der Waals surface area contributed by atoms with E-state index in [9.17, 15) is 4.79 Å². The molecular formula is C20H24BrNO4. The average Bonchev–Trinajstić information content (AvgIpc) is 2.61. The molecule has 0 fully saturated rings. The molecular weight excluding hydrogens is 398 g/mol. The van der Waals surface area contributed by atoms with Crippen molar-refractivity contribution in [1.29, 1.82) is 0 Å².